The molecule has 4 N–H and O–H groups in total. The van der Waals surface area contributed by atoms with Gasteiger partial charge in [0, 0.05) is 17.1 Å². The van der Waals surface area contributed by atoms with Gasteiger partial charge >= 0.3 is 0 Å². The lowest BCUT2D eigenvalue weighted by Gasteiger charge is -1.98. The largest absolute Gasteiger partial charge is 0.360 e. The molecule has 1 aromatic heterocycles. The van der Waals surface area contributed by atoms with E-state index >= 15 is 0 Å². The Hall–Kier alpha value is -1.52. The van der Waals surface area contributed by atoms with Crippen molar-refractivity contribution < 1.29 is 4.79 Å². The fourth-order valence-electron chi connectivity index (χ4n) is 1.40. The third-order valence-corrected chi connectivity index (χ3v) is 2.35. The molecular weight excluding hydrogens is 202 g/mol. The van der Waals surface area contributed by atoms with Crippen LogP contribution in [0.1, 0.15) is 10.4 Å². The van der Waals surface area contributed by atoms with Gasteiger partial charge in [0.05, 0.1) is 10.6 Å². The van der Waals surface area contributed by atoms with Crippen molar-refractivity contribution >= 4 is 28.4 Å². The Kier molecular flexibility index (Phi) is 2.15. The third-order valence-electron chi connectivity index (χ3n) is 2.03. The number of aromatic nitrogens is 1. The quantitative estimate of drug-likeness (QED) is 0.378. The Labute approximate surface area is 85.0 Å². The number of carbonyl (C=O) groups excluding carboxylic acids is 1. The van der Waals surface area contributed by atoms with Gasteiger partial charge in [0.2, 0.25) is 0 Å². The molecule has 5 heteroatoms. The molecular formula is C9H8ClN3O. The molecule has 2 rings (SSSR count). The van der Waals surface area contributed by atoms with Crippen molar-refractivity contribution in [2.75, 3.05) is 0 Å². The van der Waals surface area contributed by atoms with Crippen molar-refractivity contribution in [3.8, 4) is 0 Å². The first-order valence-corrected chi connectivity index (χ1v) is 4.38. The molecule has 72 valence electrons. The number of halogens is 1. The molecule has 0 radical (unpaired) electrons. The molecule has 0 saturated carbocycles. The number of fused-ring (bicyclic) bond motifs is 1. The fourth-order valence-corrected chi connectivity index (χ4v) is 1.67. The monoisotopic (exact) mass is 209 g/mol. The number of hydrogen-bond donors (Lipinski definition) is 3. The molecule has 0 unspecified atom stereocenters. The van der Waals surface area contributed by atoms with Crippen molar-refractivity contribution in [1.82, 2.24) is 10.4 Å². The number of hydrogen-bond acceptors (Lipinski definition) is 2. The van der Waals surface area contributed by atoms with Crippen LogP contribution >= 0.6 is 11.6 Å². The van der Waals surface area contributed by atoms with Crippen LogP contribution in [0, 0.1) is 0 Å². The molecule has 14 heavy (non-hydrogen) atoms. The third kappa shape index (κ3) is 1.25. The van der Waals surface area contributed by atoms with Crippen LogP contribution in [0.3, 0.4) is 0 Å². The molecule has 0 aliphatic carbocycles. The smallest absolute Gasteiger partial charge is 0.267 e. The van der Waals surface area contributed by atoms with E-state index in [0.29, 0.717) is 16.0 Å². The summed E-state index contributed by atoms with van der Waals surface area (Å²) in [4.78, 5) is 14.3. The van der Waals surface area contributed by atoms with Gasteiger partial charge in [-0.1, -0.05) is 17.7 Å². The molecule has 1 aromatic carbocycles. The minimum absolute atomic E-state index is 0.357. The Morgan fingerprint density at radius 2 is 2.29 bits per heavy atom. The van der Waals surface area contributed by atoms with Crippen LogP contribution in [0.2, 0.25) is 5.02 Å². The number of aromatic amines is 1. The second kappa shape index (κ2) is 3.32. The number of nitrogen functional groups attached to an aromatic ring is 1. The van der Waals surface area contributed by atoms with Crippen LogP contribution in [-0.2, 0) is 0 Å². The van der Waals surface area contributed by atoms with Gasteiger partial charge in [-0.3, -0.25) is 10.2 Å². The Balaban J connectivity index is 2.73. The summed E-state index contributed by atoms with van der Waals surface area (Å²) in [5.74, 6) is 4.69. The van der Waals surface area contributed by atoms with Crippen molar-refractivity contribution in [2.24, 2.45) is 5.84 Å². The van der Waals surface area contributed by atoms with Crippen LogP contribution in [0.15, 0.2) is 24.4 Å². The van der Waals surface area contributed by atoms with Gasteiger partial charge in [-0.25, -0.2) is 5.84 Å². The normalized spacial score (nSPS) is 10.4. The van der Waals surface area contributed by atoms with E-state index in [0.717, 1.165) is 5.52 Å². The van der Waals surface area contributed by atoms with E-state index in [1.54, 1.807) is 12.3 Å². The average molecular weight is 210 g/mol. The highest BCUT2D eigenvalue weighted by Gasteiger charge is 2.12. The van der Waals surface area contributed by atoms with Crippen LogP contribution in [-0.4, -0.2) is 10.9 Å². The number of amides is 1. The molecule has 1 amide bonds. The summed E-state index contributed by atoms with van der Waals surface area (Å²) in [6.07, 6.45) is 1.58. The van der Waals surface area contributed by atoms with E-state index in [2.05, 4.69) is 10.4 Å². The summed E-state index contributed by atoms with van der Waals surface area (Å²) in [6.45, 7) is 0. The maximum absolute atomic E-state index is 11.3. The number of H-pyrrole nitrogens is 1. The van der Waals surface area contributed by atoms with Crippen molar-refractivity contribution in [3.05, 3.63) is 35.0 Å². The zero-order valence-corrected chi connectivity index (χ0v) is 7.93. The average Bonchev–Trinajstić information content (AvgIpc) is 2.62. The summed E-state index contributed by atoms with van der Waals surface area (Å²) in [5, 5.41) is 1.22. The standard InChI is InChI=1S/C9H8ClN3O/c10-6-2-1-3-7-8(6)5(4-12-7)9(14)13-11/h1-4,12H,11H2,(H,13,14). The number of nitrogens with two attached hydrogens (primary N) is 1. The van der Waals surface area contributed by atoms with Gasteiger partial charge in [0.15, 0.2) is 0 Å². The van der Waals surface area contributed by atoms with Crippen LogP contribution in [0.25, 0.3) is 10.9 Å². The maximum atomic E-state index is 11.3. The summed E-state index contributed by atoms with van der Waals surface area (Å²) in [6, 6.07) is 5.38. The van der Waals surface area contributed by atoms with Crippen molar-refractivity contribution in [3.63, 3.8) is 0 Å². The summed E-state index contributed by atoms with van der Waals surface area (Å²) < 4.78 is 0. The predicted molar refractivity (Wildman–Crippen MR) is 55.0 cm³/mol. The van der Waals surface area contributed by atoms with E-state index in [9.17, 15) is 4.79 Å². The predicted octanol–water partition coefficient (Wildman–Crippen LogP) is 1.42. The minimum Gasteiger partial charge on any atom is -0.360 e. The zero-order valence-electron chi connectivity index (χ0n) is 7.17. The van der Waals surface area contributed by atoms with Gasteiger partial charge in [0.25, 0.3) is 5.91 Å². The van der Waals surface area contributed by atoms with Gasteiger partial charge in [-0.2, -0.15) is 0 Å². The highest BCUT2D eigenvalue weighted by atomic mass is 35.5. The first-order valence-electron chi connectivity index (χ1n) is 4.00. The topological polar surface area (TPSA) is 70.9 Å². The number of nitrogens with one attached hydrogen (secondary N) is 2. The van der Waals surface area contributed by atoms with Gasteiger partial charge < -0.3 is 4.98 Å². The van der Waals surface area contributed by atoms with Gasteiger partial charge in [-0.05, 0) is 12.1 Å². The molecule has 4 nitrogen and oxygen atoms in total. The first-order chi connectivity index (χ1) is 6.74. The molecule has 0 fully saturated rings. The summed E-state index contributed by atoms with van der Waals surface area (Å²) in [5.41, 5.74) is 3.34. The van der Waals surface area contributed by atoms with E-state index in [1.165, 1.54) is 0 Å². The fraction of sp³-hybridized carbons (Fsp3) is 0. The Bertz CT molecular complexity index is 492. The summed E-state index contributed by atoms with van der Waals surface area (Å²) in [7, 11) is 0. The number of benzene rings is 1. The van der Waals surface area contributed by atoms with Crippen molar-refractivity contribution in [1.29, 1.82) is 0 Å². The van der Waals surface area contributed by atoms with Crippen LogP contribution < -0.4 is 11.3 Å². The summed E-state index contributed by atoms with van der Waals surface area (Å²) >= 11 is 5.96. The molecule has 1 heterocycles. The van der Waals surface area contributed by atoms with Crippen LogP contribution in [0.4, 0.5) is 0 Å². The molecule has 0 saturated heterocycles. The second-order valence-corrected chi connectivity index (χ2v) is 3.25. The highest BCUT2D eigenvalue weighted by Crippen LogP contribution is 2.26. The lowest BCUT2D eigenvalue weighted by atomic mass is 10.1. The molecule has 0 aliphatic rings. The Morgan fingerprint density at radius 3 is 3.00 bits per heavy atom. The lowest BCUT2D eigenvalue weighted by Crippen LogP contribution is -2.29. The van der Waals surface area contributed by atoms with E-state index in [-0.39, 0.29) is 5.91 Å². The van der Waals surface area contributed by atoms with E-state index in [1.807, 2.05) is 12.1 Å². The van der Waals surface area contributed by atoms with Gasteiger partial charge in [-0.15, -0.1) is 0 Å². The molecule has 0 aliphatic heterocycles. The number of carbonyl (C=O) groups is 1. The minimum atomic E-state index is -0.357. The number of hydrazine groups is 1. The maximum Gasteiger partial charge on any atom is 0.267 e. The van der Waals surface area contributed by atoms with Crippen molar-refractivity contribution in [2.45, 2.75) is 0 Å². The second-order valence-electron chi connectivity index (χ2n) is 2.84. The zero-order chi connectivity index (χ0) is 10.1. The van der Waals surface area contributed by atoms with E-state index in [4.69, 9.17) is 17.4 Å². The van der Waals surface area contributed by atoms with Crippen LogP contribution in [0.5, 0.6) is 0 Å². The molecule has 0 atom stereocenters. The molecule has 0 spiro atoms. The SMILES string of the molecule is NNC(=O)c1c[nH]c2cccc(Cl)c12. The highest BCUT2D eigenvalue weighted by molar-refractivity contribution is 6.36. The van der Waals surface area contributed by atoms with E-state index < -0.39 is 0 Å². The Morgan fingerprint density at radius 1 is 1.50 bits per heavy atom. The first kappa shape index (κ1) is 9.05. The lowest BCUT2D eigenvalue weighted by molar-refractivity contribution is 0.0955. The van der Waals surface area contributed by atoms with Gasteiger partial charge in [0.1, 0.15) is 0 Å². The molecule has 0 bridgehead atoms. The number of rotatable bonds is 1. The molecule has 2 aromatic rings.